The molecule has 5 nitrogen and oxygen atoms in total. The van der Waals surface area contributed by atoms with Crippen LogP contribution in [0.15, 0.2) is 90.1 Å². The molecule has 3 aromatic carbocycles. The predicted molar refractivity (Wildman–Crippen MR) is 133 cm³/mol. The van der Waals surface area contributed by atoms with Crippen molar-refractivity contribution in [3.05, 3.63) is 108 Å². The summed E-state index contributed by atoms with van der Waals surface area (Å²) in [6, 6.07) is 26.6. The number of benzene rings is 3. The SMILES string of the molecule is O=C(CCCCSc1nnc(Cc2ccccc2)n1-c1ccccc1)NCc1ccc(F)cc1. The van der Waals surface area contributed by atoms with E-state index in [-0.39, 0.29) is 11.7 Å². The molecule has 0 unspecified atom stereocenters. The number of unbranched alkanes of at least 4 members (excludes halogenated alkanes) is 1. The van der Waals surface area contributed by atoms with Crippen molar-refractivity contribution in [2.24, 2.45) is 0 Å². The third-order valence-electron chi connectivity index (χ3n) is 5.35. The summed E-state index contributed by atoms with van der Waals surface area (Å²) in [7, 11) is 0. The van der Waals surface area contributed by atoms with Crippen molar-refractivity contribution in [2.75, 3.05) is 5.75 Å². The zero-order chi connectivity index (χ0) is 23.6. The number of hydrogen-bond acceptors (Lipinski definition) is 4. The summed E-state index contributed by atoms with van der Waals surface area (Å²) in [5, 5.41) is 12.7. The quantitative estimate of drug-likeness (QED) is 0.228. The second-order valence-electron chi connectivity index (χ2n) is 7.94. The summed E-state index contributed by atoms with van der Waals surface area (Å²) in [4.78, 5) is 12.1. The van der Waals surface area contributed by atoms with E-state index in [2.05, 4.69) is 44.3 Å². The number of hydrogen-bond donors (Lipinski definition) is 1. The van der Waals surface area contributed by atoms with Gasteiger partial charge in [-0.15, -0.1) is 10.2 Å². The standard InChI is InChI=1S/C27H27FN4OS/c28-23-16-14-22(15-17-23)20-29-26(33)13-7-8-18-34-27-31-30-25(19-21-9-3-1-4-10-21)32(27)24-11-5-2-6-12-24/h1-6,9-12,14-17H,7-8,13,18-20H2,(H,29,33). The molecule has 4 aromatic rings. The lowest BCUT2D eigenvalue weighted by molar-refractivity contribution is -0.121. The fourth-order valence-electron chi connectivity index (χ4n) is 3.57. The molecule has 4 rings (SSSR count). The highest BCUT2D eigenvalue weighted by Crippen LogP contribution is 2.24. The normalized spacial score (nSPS) is 10.9. The number of para-hydroxylation sites is 1. The number of rotatable bonds is 11. The lowest BCUT2D eigenvalue weighted by atomic mass is 10.1. The molecule has 0 saturated carbocycles. The van der Waals surface area contributed by atoms with Crippen molar-refractivity contribution < 1.29 is 9.18 Å². The van der Waals surface area contributed by atoms with Crippen molar-refractivity contribution in [1.82, 2.24) is 20.1 Å². The van der Waals surface area contributed by atoms with E-state index in [0.717, 1.165) is 40.8 Å². The van der Waals surface area contributed by atoms with Gasteiger partial charge in [0.15, 0.2) is 5.16 Å². The molecule has 1 aromatic heterocycles. The topological polar surface area (TPSA) is 59.8 Å². The number of halogens is 1. The molecular weight excluding hydrogens is 447 g/mol. The largest absolute Gasteiger partial charge is 0.352 e. The Morgan fingerprint density at radius 2 is 1.56 bits per heavy atom. The Balaban J connectivity index is 1.28. The average molecular weight is 475 g/mol. The molecule has 0 bridgehead atoms. The summed E-state index contributed by atoms with van der Waals surface area (Å²) in [6.07, 6.45) is 2.85. The summed E-state index contributed by atoms with van der Waals surface area (Å²) in [6.45, 7) is 0.415. The third-order valence-corrected chi connectivity index (χ3v) is 6.37. The van der Waals surface area contributed by atoms with Gasteiger partial charge in [-0.3, -0.25) is 9.36 Å². The minimum Gasteiger partial charge on any atom is -0.352 e. The van der Waals surface area contributed by atoms with E-state index in [1.807, 2.05) is 36.4 Å². The predicted octanol–water partition coefficient (Wildman–Crippen LogP) is 5.58. The number of carbonyl (C=O) groups excluding carboxylic acids is 1. The van der Waals surface area contributed by atoms with Crippen LogP contribution < -0.4 is 5.32 Å². The molecule has 0 aliphatic rings. The van der Waals surface area contributed by atoms with Crippen molar-refractivity contribution in [3.63, 3.8) is 0 Å². The molecule has 0 aliphatic carbocycles. The zero-order valence-corrected chi connectivity index (χ0v) is 19.7. The first-order valence-corrected chi connectivity index (χ1v) is 12.4. The van der Waals surface area contributed by atoms with Gasteiger partial charge in [-0.05, 0) is 48.2 Å². The Bertz CT molecular complexity index is 1180. The van der Waals surface area contributed by atoms with Crippen LogP contribution in [0.5, 0.6) is 0 Å². The van der Waals surface area contributed by atoms with Crippen LogP contribution in [0.3, 0.4) is 0 Å². The van der Waals surface area contributed by atoms with Gasteiger partial charge in [-0.1, -0.05) is 72.4 Å². The second-order valence-corrected chi connectivity index (χ2v) is 9.00. The monoisotopic (exact) mass is 474 g/mol. The van der Waals surface area contributed by atoms with Gasteiger partial charge < -0.3 is 5.32 Å². The maximum Gasteiger partial charge on any atom is 0.220 e. The maximum atomic E-state index is 13.0. The van der Waals surface area contributed by atoms with E-state index in [1.54, 1.807) is 23.9 Å². The van der Waals surface area contributed by atoms with Gasteiger partial charge in [-0.2, -0.15) is 0 Å². The Labute approximate surface area is 203 Å². The number of amides is 1. The first-order chi connectivity index (χ1) is 16.7. The fourth-order valence-corrected chi connectivity index (χ4v) is 4.53. The molecule has 7 heteroatoms. The zero-order valence-electron chi connectivity index (χ0n) is 18.9. The van der Waals surface area contributed by atoms with E-state index >= 15 is 0 Å². The maximum absolute atomic E-state index is 13.0. The van der Waals surface area contributed by atoms with Crippen LogP contribution in [0.1, 0.15) is 36.2 Å². The van der Waals surface area contributed by atoms with Crippen LogP contribution in [-0.4, -0.2) is 26.4 Å². The molecule has 0 aliphatic heterocycles. The molecule has 0 saturated heterocycles. The summed E-state index contributed by atoms with van der Waals surface area (Å²) in [5.74, 6) is 1.48. The first-order valence-electron chi connectivity index (χ1n) is 11.4. The smallest absolute Gasteiger partial charge is 0.220 e. The Kier molecular flexibility index (Phi) is 8.46. The second kappa shape index (κ2) is 12.1. The van der Waals surface area contributed by atoms with Crippen LogP contribution in [-0.2, 0) is 17.8 Å². The highest BCUT2D eigenvalue weighted by Gasteiger charge is 2.15. The molecule has 0 atom stereocenters. The molecule has 0 fully saturated rings. The van der Waals surface area contributed by atoms with Gasteiger partial charge in [0.1, 0.15) is 11.6 Å². The van der Waals surface area contributed by atoms with Crippen molar-refractivity contribution in [1.29, 1.82) is 0 Å². The van der Waals surface area contributed by atoms with Crippen molar-refractivity contribution in [3.8, 4) is 5.69 Å². The lowest BCUT2D eigenvalue weighted by Crippen LogP contribution is -2.22. The number of nitrogens with zero attached hydrogens (tertiary/aromatic N) is 3. The van der Waals surface area contributed by atoms with Gasteiger partial charge in [-0.25, -0.2) is 4.39 Å². The van der Waals surface area contributed by atoms with Crippen LogP contribution in [0.4, 0.5) is 4.39 Å². The minimum absolute atomic E-state index is 0.00641. The van der Waals surface area contributed by atoms with E-state index < -0.39 is 0 Å². The van der Waals surface area contributed by atoms with Crippen molar-refractivity contribution in [2.45, 2.75) is 37.4 Å². The van der Waals surface area contributed by atoms with Crippen LogP contribution >= 0.6 is 11.8 Å². The van der Waals surface area contributed by atoms with E-state index in [4.69, 9.17) is 0 Å². The highest BCUT2D eigenvalue weighted by molar-refractivity contribution is 7.99. The Hall–Kier alpha value is -3.45. The van der Waals surface area contributed by atoms with Gasteiger partial charge in [0.05, 0.1) is 0 Å². The molecule has 174 valence electrons. The van der Waals surface area contributed by atoms with Gasteiger partial charge in [0.2, 0.25) is 5.91 Å². The Morgan fingerprint density at radius 1 is 0.853 bits per heavy atom. The van der Waals surface area contributed by atoms with E-state index in [0.29, 0.717) is 19.4 Å². The summed E-state index contributed by atoms with van der Waals surface area (Å²) >= 11 is 1.66. The number of nitrogens with one attached hydrogen (secondary N) is 1. The lowest BCUT2D eigenvalue weighted by Gasteiger charge is -2.10. The van der Waals surface area contributed by atoms with E-state index in [1.165, 1.54) is 17.7 Å². The number of thioether (sulfide) groups is 1. The van der Waals surface area contributed by atoms with Crippen LogP contribution in [0.25, 0.3) is 5.69 Å². The summed E-state index contributed by atoms with van der Waals surface area (Å²) < 4.78 is 15.1. The van der Waals surface area contributed by atoms with Crippen LogP contribution in [0.2, 0.25) is 0 Å². The minimum atomic E-state index is -0.275. The molecule has 34 heavy (non-hydrogen) atoms. The average Bonchev–Trinajstić information content (AvgIpc) is 3.26. The Morgan fingerprint density at radius 3 is 2.29 bits per heavy atom. The fraction of sp³-hybridized carbons (Fsp3) is 0.222. The van der Waals surface area contributed by atoms with Gasteiger partial charge in [0, 0.05) is 30.8 Å². The first kappa shape index (κ1) is 23.7. The molecule has 1 amide bonds. The number of aromatic nitrogens is 3. The van der Waals surface area contributed by atoms with Gasteiger partial charge >= 0.3 is 0 Å². The van der Waals surface area contributed by atoms with Crippen LogP contribution in [0, 0.1) is 5.82 Å². The van der Waals surface area contributed by atoms with Gasteiger partial charge in [0.25, 0.3) is 0 Å². The molecule has 1 heterocycles. The van der Waals surface area contributed by atoms with Crippen molar-refractivity contribution >= 4 is 17.7 Å². The van der Waals surface area contributed by atoms with E-state index in [9.17, 15) is 9.18 Å². The molecule has 0 spiro atoms. The number of carbonyl (C=O) groups is 1. The summed E-state index contributed by atoms with van der Waals surface area (Å²) in [5.41, 5.74) is 3.12. The molecule has 1 N–H and O–H groups in total. The highest BCUT2D eigenvalue weighted by atomic mass is 32.2. The molecular formula is C27H27FN4OS. The molecule has 0 radical (unpaired) electrons. The third kappa shape index (κ3) is 6.78.